The van der Waals surface area contributed by atoms with E-state index in [1.165, 1.54) is 0 Å². The molecule has 4 nitrogen and oxygen atoms in total. The number of carbonyl (C=O) groups excluding carboxylic acids is 1. The summed E-state index contributed by atoms with van der Waals surface area (Å²) in [6.45, 7) is 4.49. The Morgan fingerprint density at radius 2 is 2.20 bits per heavy atom. The van der Waals surface area contributed by atoms with Crippen LogP contribution in [0.5, 0.6) is 0 Å². The van der Waals surface area contributed by atoms with Crippen molar-refractivity contribution >= 4 is 5.91 Å². The quantitative estimate of drug-likeness (QED) is 0.700. The topological polar surface area (TPSA) is 49.8 Å². The number of rotatable bonds is 5. The molecular formula is C11H23NO3. The number of aliphatic hydroxyl groups excluding tert-OH is 1. The molecule has 4 heteroatoms. The van der Waals surface area contributed by atoms with Crippen molar-refractivity contribution < 1.29 is 14.6 Å². The van der Waals surface area contributed by atoms with Crippen LogP contribution in [0, 0.1) is 0 Å². The Balaban J connectivity index is 0.000000262. The van der Waals surface area contributed by atoms with Crippen LogP contribution < -0.4 is 0 Å². The number of likely N-dealkylation sites (tertiary alicyclic amines) is 1. The fourth-order valence-electron chi connectivity index (χ4n) is 1.20. The maximum atomic E-state index is 10.5. The van der Waals surface area contributed by atoms with E-state index in [0.717, 1.165) is 38.8 Å². The molecule has 1 rings (SSSR count). The van der Waals surface area contributed by atoms with Gasteiger partial charge in [-0.15, -0.1) is 0 Å². The number of amides is 1. The molecule has 1 amide bonds. The highest BCUT2D eigenvalue weighted by molar-refractivity contribution is 5.77. The lowest BCUT2D eigenvalue weighted by Crippen LogP contribution is -2.17. The molecular weight excluding hydrogens is 194 g/mol. The minimum atomic E-state index is 0.143. The van der Waals surface area contributed by atoms with Crippen molar-refractivity contribution in [3.8, 4) is 0 Å². The first kappa shape index (κ1) is 14.4. The lowest BCUT2D eigenvalue weighted by atomic mass is 10.4. The van der Waals surface area contributed by atoms with Crippen molar-refractivity contribution in [2.24, 2.45) is 0 Å². The van der Waals surface area contributed by atoms with Crippen LogP contribution in [0.15, 0.2) is 0 Å². The molecule has 1 saturated heterocycles. The highest BCUT2D eigenvalue weighted by Crippen LogP contribution is 2.04. The van der Waals surface area contributed by atoms with Gasteiger partial charge in [-0.3, -0.25) is 4.79 Å². The monoisotopic (exact) mass is 217 g/mol. The number of unbranched alkanes of at least 4 members (excludes halogenated alkanes) is 1. The maximum Gasteiger partial charge on any atom is 0.222 e. The molecule has 0 aliphatic carbocycles. The van der Waals surface area contributed by atoms with Gasteiger partial charge in [0.05, 0.1) is 13.2 Å². The van der Waals surface area contributed by atoms with Crippen molar-refractivity contribution in [3.05, 3.63) is 0 Å². The number of hydrogen-bond acceptors (Lipinski definition) is 3. The van der Waals surface area contributed by atoms with Crippen LogP contribution in [-0.4, -0.2) is 49.3 Å². The fraction of sp³-hybridized carbons (Fsp3) is 0.909. The molecule has 1 aliphatic rings. The van der Waals surface area contributed by atoms with Crippen LogP contribution in [-0.2, 0) is 9.53 Å². The Kier molecular flexibility index (Phi) is 9.52. The Hall–Kier alpha value is -0.610. The van der Waals surface area contributed by atoms with Crippen LogP contribution in [0.3, 0.4) is 0 Å². The molecule has 0 radical (unpaired) electrons. The maximum absolute atomic E-state index is 10.5. The Labute approximate surface area is 92.2 Å². The number of ether oxygens (including phenoxy) is 1. The molecule has 0 saturated carbocycles. The normalized spacial score (nSPS) is 15.1. The smallest absolute Gasteiger partial charge is 0.222 e. The van der Waals surface area contributed by atoms with Crippen LogP contribution in [0.2, 0.25) is 0 Å². The van der Waals surface area contributed by atoms with Gasteiger partial charge >= 0.3 is 0 Å². The molecule has 1 heterocycles. The van der Waals surface area contributed by atoms with Crippen molar-refractivity contribution in [1.82, 2.24) is 4.90 Å². The van der Waals surface area contributed by atoms with E-state index >= 15 is 0 Å². The van der Waals surface area contributed by atoms with E-state index in [2.05, 4.69) is 6.92 Å². The summed E-state index contributed by atoms with van der Waals surface area (Å²) in [6, 6.07) is 0. The van der Waals surface area contributed by atoms with E-state index in [1.54, 1.807) is 4.90 Å². The van der Waals surface area contributed by atoms with E-state index in [0.29, 0.717) is 12.5 Å². The third kappa shape index (κ3) is 8.39. The first-order valence-electron chi connectivity index (χ1n) is 5.65. The zero-order valence-electron chi connectivity index (χ0n) is 9.87. The van der Waals surface area contributed by atoms with E-state index in [4.69, 9.17) is 9.84 Å². The third-order valence-electron chi connectivity index (χ3n) is 2.19. The molecule has 0 bridgehead atoms. The predicted molar refractivity (Wildman–Crippen MR) is 59.7 cm³/mol. The van der Waals surface area contributed by atoms with Crippen LogP contribution in [0.1, 0.15) is 32.6 Å². The Bertz CT molecular complexity index is 156. The summed E-state index contributed by atoms with van der Waals surface area (Å²) in [5.74, 6) is 0.292. The van der Waals surface area contributed by atoms with E-state index in [1.807, 2.05) is 7.05 Å². The van der Waals surface area contributed by atoms with Gasteiger partial charge in [-0.25, -0.2) is 0 Å². The molecule has 0 unspecified atom stereocenters. The van der Waals surface area contributed by atoms with E-state index in [9.17, 15) is 4.79 Å². The standard InChI is InChI=1S/C6H14O2.C5H9NO/c1-2-3-5-8-6-4-7;1-6-4-2-3-5(6)7/h7H,2-6H2,1H3;2-4H2,1H3. The van der Waals surface area contributed by atoms with Gasteiger partial charge in [-0.05, 0) is 12.8 Å². The molecule has 1 N–H and O–H groups in total. The second-order valence-corrected chi connectivity index (χ2v) is 3.61. The zero-order valence-corrected chi connectivity index (χ0v) is 9.87. The van der Waals surface area contributed by atoms with Gasteiger partial charge in [0.15, 0.2) is 0 Å². The van der Waals surface area contributed by atoms with Crippen LogP contribution in [0.4, 0.5) is 0 Å². The number of carbonyl (C=O) groups is 1. The highest BCUT2D eigenvalue weighted by Gasteiger charge is 2.14. The largest absolute Gasteiger partial charge is 0.394 e. The summed E-state index contributed by atoms with van der Waals surface area (Å²) in [5, 5.41) is 8.24. The number of aliphatic hydroxyl groups is 1. The zero-order chi connectivity index (χ0) is 11.5. The average molecular weight is 217 g/mol. The Morgan fingerprint density at radius 1 is 1.47 bits per heavy atom. The van der Waals surface area contributed by atoms with Crippen molar-refractivity contribution in [1.29, 1.82) is 0 Å². The van der Waals surface area contributed by atoms with E-state index < -0.39 is 0 Å². The average Bonchev–Trinajstić information content (AvgIpc) is 2.60. The fourth-order valence-corrected chi connectivity index (χ4v) is 1.20. The molecule has 15 heavy (non-hydrogen) atoms. The molecule has 1 aliphatic heterocycles. The highest BCUT2D eigenvalue weighted by atomic mass is 16.5. The molecule has 0 aromatic carbocycles. The summed E-state index contributed by atoms with van der Waals surface area (Å²) < 4.78 is 4.97. The molecule has 0 spiro atoms. The molecule has 0 aromatic rings. The summed E-state index contributed by atoms with van der Waals surface area (Å²) >= 11 is 0. The van der Waals surface area contributed by atoms with Gasteiger partial charge in [0.2, 0.25) is 5.91 Å². The van der Waals surface area contributed by atoms with Gasteiger partial charge in [0.25, 0.3) is 0 Å². The van der Waals surface area contributed by atoms with Crippen LogP contribution in [0.25, 0.3) is 0 Å². The lowest BCUT2D eigenvalue weighted by molar-refractivity contribution is -0.126. The number of hydrogen-bond donors (Lipinski definition) is 1. The summed E-state index contributed by atoms with van der Waals surface area (Å²) in [6.07, 6.45) is 4.07. The van der Waals surface area contributed by atoms with Crippen molar-refractivity contribution in [2.45, 2.75) is 32.6 Å². The summed E-state index contributed by atoms with van der Waals surface area (Å²) in [4.78, 5) is 12.3. The second-order valence-electron chi connectivity index (χ2n) is 3.61. The third-order valence-corrected chi connectivity index (χ3v) is 2.19. The van der Waals surface area contributed by atoms with Gasteiger partial charge < -0.3 is 14.7 Å². The summed E-state index contributed by atoms with van der Waals surface area (Å²) in [5.41, 5.74) is 0. The Morgan fingerprint density at radius 3 is 2.53 bits per heavy atom. The van der Waals surface area contributed by atoms with Gasteiger partial charge in [0, 0.05) is 26.6 Å². The SMILES string of the molecule is CCCCOCCO.CN1CCCC1=O. The van der Waals surface area contributed by atoms with Gasteiger partial charge in [-0.2, -0.15) is 0 Å². The molecule has 0 aromatic heterocycles. The predicted octanol–water partition coefficient (Wildman–Crippen LogP) is 1.03. The van der Waals surface area contributed by atoms with E-state index in [-0.39, 0.29) is 6.61 Å². The minimum Gasteiger partial charge on any atom is -0.394 e. The number of nitrogens with zero attached hydrogens (tertiary/aromatic N) is 1. The lowest BCUT2D eigenvalue weighted by Gasteiger charge is -2.03. The molecule has 90 valence electrons. The van der Waals surface area contributed by atoms with Gasteiger partial charge in [0.1, 0.15) is 0 Å². The van der Waals surface area contributed by atoms with Crippen molar-refractivity contribution in [3.63, 3.8) is 0 Å². The second kappa shape index (κ2) is 9.93. The first-order chi connectivity index (χ1) is 7.22. The molecule has 0 atom stereocenters. The summed E-state index contributed by atoms with van der Waals surface area (Å²) in [7, 11) is 1.84. The van der Waals surface area contributed by atoms with Gasteiger partial charge in [-0.1, -0.05) is 13.3 Å². The minimum absolute atomic E-state index is 0.143. The van der Waals surface area contributed by atoms with Crippen LogP contribution >= 0.6 is 0 Å². The van der Waals surface area contributed by atoms with Crippen molar-refractivity contribution in [2.75, 3.05) is 33.4 Å². The first-order valence-corrected chi connectivity index (χ1v) is 5.65. The molecule has 1 fully saturated rings.